The van der Waals surface area contributed by atoms with Crippen LogP contribution in [0, 0.1) is 5.92 Å². The number of sulfone groups is 1. The smallest absolute Gasteiger partial charge is 0.320 e. The number of carboxylic acids is 1. The Morgan fingerprint density at radius 1 is 1.31 bits per heavy atom. The number of rotatable bonds is 8. The van der Waals surface area contributed by atoms with Crippen molar-refractivity contribution in [2.24, 2.45) is 5.92 Å². The molecule has 5 nitrogen and oxygen atoms in total. The lowest BCUT2D eigenvalue weighted by atomic mass is 10.1. The normalized spacial score (nSPS) is 14.0. The molecule has 2 N–H and O–H groups in total. The van der Waals surface area contributed by atoms with Crippen LogP contribution >= 0.6 is 0 Å². The van der Waals surface area contributed by atoms with E-state index in [2.05, 4.69) is 5.32 Å². The molecule has 0 bridgehead atoms. The van der Waals surface area contributed by atoms with Crippen molar-refractivity contribution >= 4 is 15.8 Å². The van der Waals surface area contributed by atoms with Gasteiger partial charge in [0.25, 0.3) is 0 Å². The average molecular weight is 251 g/mol. The lowest BCUT2D eigenvalue weighted by molar-refractivity contribution is -0.140. The Hall–Kier alpha value is -0.620. The fourth-order valence-corrected chi connectivity index (χ4v) is 2.65. The first-order valence-corrected chi connectivity index (χ1v) is 7.29. The highest BCUT2D eigenvalue weighted by molar-refractivity contribution is 7.91. The molecule has 0 radical (unpaired) electrons. The topological polar surface area (TPSA) is 83.5 Å². The summed E-state index contributed by atoms with van der Waals surface area (Å²) in [5.41, 5.74) is 0. The van der Waals surface area contributed by atoms with Crippen molar-refractivity contribution in [2.75, 3.05) is 18.1 Å². The monoisotopic (exact) mass is 251 g/mol. The van der Waals surface area contributed by atoms with Crippen molar-refractivity contribution < 1.29 is 18.3 Å². The van der Waals surface area contributed by atoms with Crippen LogP contribution in [0.15, 0.2) is 0 Å². The maximum Gasteiger partial charge on any atom is 0.320 e. The van der Waals surface area contributed by atoms with Gasteiger partial charge in [0.05, 0.1) is 5.75 Å². The molecule has 0 heterocycles. The van der Waals surface area contributed by atoms with Gasteiger partial charge < -0.3 is 10.4 Å². The van der Waals surface area contributed by atoms with E-state index < -0.39 is 21.8 Å². The molecule has 6 heteroatoms. The van der Waals surface area contributed by atoms with Crippen LogP contribution in [0.5, 0.6) is 0 Å². The molecule has 0 saturated heterocycles. The fraction of sp³-hybridized carbons (Fsp3) is 0.900. The number of carboxylic acid groups (broad SMARTS) is 1. The molecule has 1 atom stereocenters. The molecular weight excluding hydrogens is 230 g/mol. The van der Waals surface area contributed by atoms with Crippen LogP contribution in [0.3, 0.4) is 0 Å². The summed E-state index contributed by atoms with van der Waals surface area (Å²) < 4.78 is 22.7. The van der Waals surface area contributed by atoms with E-state index in [1.54, 1.807) is 20.8 Å². The maximum absolute atomic E-state index is 11.4. The highest BCUT2D eigenvalue weighted by Crippen LogP contribution is 2.01. The summed E-state index contributed by atoms with van der Waals surface area (Å²) in [6, 6.07) is -0.683. The molecule has 0 amide bonds. The minimum atomic E-state index is -3.03. The molecule has 0 aliphatic rings. The molecule has 0 saturated carbocycles. The van der Waals surface area contributed by atoms with Gasteiger partial charge >= 0.3 is 5.97 Å². The summed E-state index contributed by atoms with van der Waals surface area (Å²) in [6.45, 7) is 5.56. The van der Waals surface area contributed by atoms with Crippen LogP contribution in [-0.4, -0.2) is 43.6 Å². The van der Waals surface area contributed by atoms with Gasteiger partial charge in [-0.05, 0) is 12.3 Å². The minimum absolute atomic E-state index is 0.00264. The first-order valence-electron chi connectivity index (χ1n) is 5.46. The van der Waals surface area contributed by atoms with Gasteiger partial charge in [-0.3, -0.25) is 4.79 Å². The number of hydrogen-bond acceptors (Lipinski definition) is 4. The van der Waals surface area contributed by atoms with Crippen LogP contribution in [0.4, 0.5) is 0 Å². The third-order valence-corrected chi connectivity index (χ3v) is 4.08. The first kappa shape index (κ1) is 15.4. The second kappa shape index (κ2) is 6.85. The van der Waals surface area contributed by atoms with E-state index >= 15 is 0 Å². The van der Waals surface area contributed by atoms with Gasteiger partial charge in [-0.15, -0.1) is 0 Å². The third kappa shape index (κ3) is 6.07. The van der Waals surface area contributed by atoms with Gasteiger partial charge in [0.2, 0.25) is 0 Å². The molecular formula is C10H21NO4S. The maximum atomic E-state index is 11.4. The SMILES string of the molecule is CCCS(=O)(=O)CCNC(C(=O)O)C(C)C. The van der Waals surface area contributed by atoms with Crippen molar-refractivity contribution in [2.45, 2.75) is 33.2 Å². The van der Waals surface area contributed by atoms with E-state index in [9.17, 15) is 13.2 Å². The summed E-state index contributed by atoms with van der Waals surface area (Å²) in [5.74, 6) is -0.847. The van der Waals surface area contributed by atoms with E-state index in [1.807, 2.05) is 0 Å². The lowest BCUT2D eigenvalue weighted by Gasteiger charge is -2.17. The molecule has 0 fully saturated rings. The van der Waals surface area contributed by atoms with E-state index in [1.165, 1.54) is 0 Å². The number of nitrogens with one attached hydrogen (secondary N) is 1. The molecule has 0 rings (SSSR count). The van der Waals surface area contributed by atoms with E-state index in [0.717, 1.165) is 0 Å². The van der Waals surface area contributed by atoms with E-state index in [-0.39, 0.29) is 24.0 Å². The van der Waals surface area contributed by atoms with Crippen LogP contribution in [0.2, 0.25) is 0 Å². The third-order valence-electron chi connectivity index (χ3n) is 2.23. The van der Waals surface area contributed by atoms with E-state index in [4.69, 9.17) is 5.11 Å². The molecule has 0 aliphatic carbocycles. The Balaban J connectivity index is 4.10. The van der Waals surface area contributed by atoms with Gasteiger partial charge in [-0.2, -0.15) is 0 Å². The zero-order valence-corrected chi connectivity index (χ0v) is 10.9. The molecule has 1 unspecified atom stereocenters. The van der Waals surface area contributed by atoms with Gasteiger partial charge in [-0.1, -0.05) is 20.8 Å². The summed E-state index contributed by atoms with van der Waals surface area (Å²) in [6.07, 6.45) is 0.592. The number of hydrogen-bond donors (Lipinski definition) is 2. The van der Waals surface area contributed by atoms with Crippen LogP contribution < -0.4 is 5.32 Å². The van der Waals surface area contributed by atoms with Crippen LogP contribution in [0.25, 0.3) is 0 Å². The van der Waals surface area contributed by atoms with Crippen molar-refractivity contribution in [3.05, 3.63) is 0 Å². The van der Waals surface area contributed by atoms with E-state index in [0.29, 0.717) is 6.42 Å². The Morgan fingerprint density at radius 3 is 2.25 bits per heavy atom. The van der Waals surface area contributed by atoms with Crippen LogP contribution in [0.1, 0.15) is 27.2 Å². The van der Waals surface area contributed by atoms with Crippen molar-refractivity contribution in [3.8, 4) is 0 Å². The molecule has 0 aromatic carbocycles. The average Bonchev–Trinajstić information content (AvgIpc) is 2.10. The Bertz CT molecular complexity index is 311. The Morgan fingerprint density at radius 2 is 1.88 bits per heavy atom. The Labute approximate surface area is 97.2 Å². The predicted octanol–water partition coefficient (Wildman–Crippen LogP) is 0.510. The second-order valence-corrected chi connectivity index (χ2v) is 6.47. The van der Waals surface area contributed by atoms with Gasteiger partial charge in [0.15, 0.2) is 9.84 Å². The number of aliphatic carboxylic acids is 1. The highest BCUT2D eigenvalue weighted by atomic mass is 32.2. The van der Waals surface area contributed by atoms with Gasteiger partial charge in [0, 0.05) is 12.3 Å². The standard InChI is InChI=1S/C10H21NO4S/c1-4-6-16(14,15)7-5-11-9(8(2)3)10(12)13/h8-9,11H,4-7H2,1-3H3,(H,12,13). The van der Waals surface area contributed by atoms with Crippen molar-refractivity contribution in [1.82, 2.24) is 5.32 Å². The molecule has 0 spiro atoms. The molecule has 0 aromatic rings. The number of carbonyl (C=O) groups is 1. The zero-order chi connectivity index (χ0) is 12.8. The van der Waals surface area contributed by atoms with Crippen molar-refractivity contribution in [1.29, 1.82) is 0 Å². The summed E-state index contributed by atoms with van der Waals surface area (Å²) in [5, 5.41) is 11.6. The van der Waals surface area contributed by atoms with Crippen LogP contribution in [-0.2, 0) is 14.6 Å². The summed E-state index contributed by atoms with van der Waals surface area (Å²) in [4.78, 5) is 10.8. The highest BCUT2D eigenvalue weighted by Gasteiger charge is 2.21. The van der Waals surface area contributed by atoms with Crippen molar-refractivity contribution in [3.63, 3.8) is 0 Å². The molecule has 0 aliphatic heterocycles. The quantitative estimate of drug-likeness (QED) is 0.656. The first-order chi connectivity index (χ1) is 7.30. The predicted molar refractivity (Wildman–Crippen MR) is 63.2 cm³/mol. The largest absolute Gasteiger partial charge is 0.480 e. The lowest BCUT2D eigenvalue weighted by Crippen LogP contribution is -2.43. The van der Waals surface area contributed by atoms with Gasteiger partial charge in [0.1, 0.15) is 6.04 Å². The fourth-order valence-electron chi connectivity index (χ4n) is 1.39. The molecule has 0 aromatic heterocycles. The minimum Gasteiger partial charge on any atom is -0.480 e. The second-order valence-electron chi connectivity index (χ2n) is 4.17. The van der Waals surface area contributed by atoms with Gasteiger partial charge in [-0.25, -0.2) is 8.42 Å². The summed E-state index contributed by atoms with van der Waals surface area (Å²) >= 11 is 0. The Kier molecular flexibility index (Phi) is 6.59. The molecule has 16 heavy (non-hydrogen) atoms. The summed E-state index contributed by atoms with van der Waals surface area (Å²) in [7, 11) is -3.03. The zero-order valence-electron chi connectivity index (χ0n) is 10.1. The molecule has 96 valence electrons.